The smallest absolute Gasteiger partial charge is 0.251 e. The molecule has 7 nitrogen and oxygen atoms in total. The lowest BCUT2D eigenvalue weighted by atomic mass is 10.2. The van der Waals surface area contributed by atoms with E-state index in [9.17, 15) is 9.59 Å². The lowest BCUT2D eigenvalue weighted by Gasteiger charge is -2.13. The molecule has 25 heavy (non-hydrogen) atoms. The van der Waals surface area contributed by atoms with Crippen LogP contribution in [-0.2, 0) is 11.2 Å². The number of thioether (sulfide) groups is 1. The lowest BCUT2D eigenvalue weighted by Crippen LogP contribution is -2.16. The summed E-state index contributed by atoms with van der Waals surface area (Å²) in [5.74, 6) is 0.637. The Balaban J connectivity index is 2.08. The second-order valence-electron chi connectivity index (χ2n) is 4.92. The molecule has 0 saturated carbocycles. The van der Waals surface area contributed by atoms with Crippen molar-refractivity contribution in [3.05, 3.63) is 39.3 Å². The standard InChI is InChI=1S/C16H18ClN3O4S/c1-4-9-5-14(21)20-16(18-9)25-8-15(22)19-11-7-12(23-2)10(17)6-13(11)24-3/h5-7H,4,8H2,1-3H3,(H,19,22)(H,18,20,21). The van der Waals surface area contributed by atoms with E-state index in [2.05, 4.69) is 15.3 Å². The van der Waals surface area contributed by atoms with Crippen LogP contribution in [0.4, 0.5) is 5.69 Å². The number of benzene rings is 1. The highest BCUT2D eigenvalue weighted by Crippen LogP contribution is 2.35. The van der Waals surface area contributed by atoms with Crippen molar-refractivity contribution >= 4 is 35.0 Å². The van der Waals surface area contributed by atoms with Crippen molar-refractivity contribution in [1.82, 2.24) is 9.97 Å². The highest BCUT2D eigenvalue weighted by Gasteiger charge is 2.13. The fourth-order valence-corrected chi connectivity index (χ4v) is 2.94. The summed E-state index contributed by atoms with van der Waals surface area (Å²) in [5, 5.41) is 3.52. The molecule has 2 N–H and O–H groups in total. The van der Waals surface area contributed by atoms with Gasteiger partial charge in [0.25, 0.3) is 5.56 Å². The fourth-order valence-electron chi connectivity index (χ4n) is 2.01. The Labute approximate surface area is 154 Å². The Hall–Kier alpha value is -2.19. The molecule has 0 unspecified atom stereocenters. The normalized spacial score (nSPS) is 10.4. The van der Waals surface area contributed by atoms with Gasteiger partial charge in [0.15, 0.2) is 5.16 Å². The van der Waals surface area contributed by atoms with Crippen LogP contribution in [0.15, 0.2) is 28.2 Å². The topological polar surface area (TPSA) is 93.3 Å². The molecular formula is C16H18ClN3O4S. The zero-order valence-electron chi connectivity index (χ0n) is 14.0. The van der Waals surface area contributed by atoms with Crippen molar-refractivity contribution in [2.24, 2.45) is 0 Å². The second kappa shape index (κ2) is 8.77. The van der Waals surface area contributed by atoms with Gasteiger partial charge >= 0.3 is 0 Å². The summed E-state index contributed by atoms with van der Waals surface area (Å²) in [6.45, 7) is 1.91. The number of aryl methyl sites for hydroxylation is 1. The van der Waals surface area contributed by atoms with Gasteiger partial charge in [0.1, 0.15) is 11.5 Å². The molecule has 0 aliphatic carbocycles. The Morgan fingerprint density at radius 2 is 2.00 bits per heavy atom. The van der Waals surface area contributed by atoms with Gasteiger partial charge < -0.3 is 19.8 Å². The van der Waals surface area contributed by atoms with Crippen LogP contribution in [0.2, 0.25) is 5.02 Å². The molecular weight excluding hydrogens is 366 g/mol. The van der Waals surface area contributed by atoms with E-state index in [-0.39, 0.29) is 17.2 Å². The number of amides is 1. The van der Waals surface area contributed by atoms with Crippen molar-refractivity contribution in [2.45, 2.75) is 18.5 Å². The third-order valence-electron chi connectivity index (χ3n) is 3.22. The van der Waals surface area contributed by atoms with E-state index in [0.29, 0.717) is 39.5 Å². The van der Waals surface area contributed by atoms with Gasteiger partial charge in [-0.05, 0) is 6.42 Å². The molecule has 2 rings (SSSR count). The monoisotopic (exact) mass is 383 g/mol. The minimum Gasteiger partial charge on any atom is -0.495 e. The van der Waals surface area contributed by atoms with Crippen LogP contribution < -0.4 is 20.3 Å². The number of aromatic nitrogens is 2. The minimum atomic E-state index is -0.280. The quantitative estimate of drug-likeness (QED) is 0.564. The maximum atomic E-state index is 12.2. The maximum absolute atomic E-state index is 12.2. The molecule has 0 bridgehead atoms. The highest BCUT2D eigenvalue weighted by molar-refractivity contribution is 7.99. The number of carbonyl (C=O) groups is 1. The number of rotatable bonds is 7. The van der Waals surface area contributed by atoms with Crippen molar-refractivity contribution < 1.29 is 14.3 Å². The van der Waals surface area contributed by atoms with Gasteiger partial charge in [-0.15, -0.1) is 0 Å². The van der Waals surface area contributed by atoms with E-state index in [1.807, 2.05) is 6.92 Å². The molecule has 1 heterocycles. The molecule has 0 saturated heterocycles. The summed E-state index contributed by atoms with van der Waals surface area (Å²) in [5.41, 5.74) is 0.882. The van der Waals surface area contributed by atoms with Crippen LogP contribution in [0.1, 0.15) is 12.6 Å². The Kier molecular flexibility index (Phi) is 6.72. The first-order chi connectivity index (χ1) is 12.0. The SMILES string of the molecule is CCc1cc(=O)[nH]c(SCC(=O)Nc2cc(OC)c(Cl)cc2OC)n1. The van der Waals surface area contributed by atoms with E-state index in [0.717, 1.165) is 11.8 Å². The van der Waals surface area contributed by atoms with Crippen LogP contribution >= 0.6 is 23.4 Å². The average Bonchev–Trinajstić information content (AvgIpc) is 2.60. The minimum absolute atomic E-state index is 0.0736. The molecule has 0 atom stereocenters. The molecule has 9 heteroatoms. The van der Waals surface area contributed by atoms with Gasteiger partial charge in [-0.2, -0.15) is 0 Å². The third-order valence-corrected chi connectivity index (χ3v) is 4.39. The van der Waals surface area contributed by atoms with Crippen molar-refractivity contribution in [3.8, 4) is 11.5 Å². The number of hydrogen-bond acceptors (Lipinski definition) is 6. The zero-order valence-corrected chi connectivity index (χ0v) is 15.6. The number of ether oxygens (including phenoxy) is 2. The van der Waals surface area contributed by atoms with Crippen LogP contribution in [0.5, 0.6) is 11.5 Å². The first-order valence-corrected chi connectivity index (χ1v) is 8.77. The van der Waals surface area contributed by atoms with Crippen LogP contribution in [0.3, 0.4) is 0 Å². The van der Waals surface area contributed by atoms with E-state index in [1.165, 1.54) is 20.3 Å². The van der Waals surface area contributed by atoms with Gasteiger partial charge in [-0.25, -0.2) is 4.98 Å². The van der Waals surface area contributed by atoms with E-state index in [4.69, 9.17) is 21.1 Å². The largest absolute Gasteiger partial charge is 0.495 e. The van der Waals surface area contributed by atoms with Crippen LogP contribution in [0.25, 0.3) is 0 Å². The van der Waals surface area contributed by atoms with Gasteiger partial charge in [-0.1, -0.05) is 30.3 Å². The number of nitrogens with zero attached hydrogens (tertiary/aromatic N) is 1. The van der Waals surface area contributed by atoms with Crippen LogP contribution in [0, 0.1) is 0 Å². The fraction of sp³-hybridized carbons (Fsp3) is 0.312. The molecule has 0 aliphatic heterocycles. The number of methoxy groups -OCH3 is 2. The predicted octanol–water partition coefficient (Wildman–Crippen LogP) is 2.73. The summed E-state index contributed by atoms with van der Waals surface area (Å²) in [6, 6.07) is 4.59. The Morgan fingerprint density at radius 1 is 1.28 bits per heavy atom. The zero-order chi connectivity index (χ0) is 18.4. The Bertz CT molecular complexity index is 826. The van der Waals surface area contributed by atoms with E-state index < -0.39 is 0 Å². The molecule has 134 valence electrons. The van der Waals surface area contributed by atoms with Gasteiger partial charge in [0.2, 0.25) is 5.91 Å². The number of hydrogen-bond donors (Lipinski definition) is 2. The summed E-state index contributed by atoms with van der Waals surface area (Å²) < 4.78 is 10.4. The average molecular weight is 384 g/mol. The van der Waals surface area contributed by atoms with Gasteiger partial charge in [0.05, 0.1) is 30.7 Å². The number of halogens is 1. The highest BCUT2D eigenvalue weighted by atomic mass is 35.5. The van der Waals surface area contributed by atoms with E-state index in [1.54, 1.807) is 12.1 Å². The maximum Gasteiger partial charge on any atom is 0.251 e. The molecule has 0 radical (unpaired) electrons. The number of carbonyl (C=O) groups excluding carboxylic acids is 1. The summed E-state index contributed by atoms with van der Waals surface area (Å²) in [4.78, 5) is 30.6. The molecule has 0 spiro atoms. The van der Waals surface area contributed by atoms with Crippen LogP contribution in [-0.4, -0.2) is 35.8 Å². The summed E-state index contributed by atoms with van der Waals surface area (Å²) in [6.07, 6.45) is 0.644. The van der Waals surface area contributed by atoms with Crippen molar-refractivity contribution in [3.63, 3.8) is 0 Å². The van der Waals surface area contributed by atoms with E-state index >= 15 is 0 Å². The molecule has 0 fully saturated rings. The Morgan fingerprint density at radius 3 is 2.64 bits per heavy atom. The summed E-state index contributed by atoms with van der Waals surface area (Å²) >= 11 is 7.18. The summed E-state index contributed by atoms with van der Waals surface area (Å²) in [7, 11) is 2.96. The molecule has 1 aromatic carbocycles. The number of anilines is 1. The number of nitrogens with one attached hydrogen (secondary N) is 2. The molecule has 1 aromatic heterocycles. The second-order valence-corrected chi connectivity index (χ2v) is 6.29. The van der Waals surface area contributed by atoms with Gasteiger partial charge in [-0.3, -0.25) is 9.59 Å². The molecule has 0 aliphatic rings. The first kappa shape index (κ1) is 19.1. The first-order valence-electron chi connectivity index (χ1n) is 7.41. The number of H-pyrrole nitrogens is 1. The number of aromatic amines is 1. The molecule has 1 amide bonds. The lowest BCUT2D eigenvalue weighted by molar-refractivity contribution is -0.113. The van der Waals surface area contributed by atoms with Crippen molar-refractivity contribution in [2.75, 3.05) is 25.3 Å². The van der Waals surface area contributed by atoms with Crippen molar-refractivity contribution in [1.29, 1.82) is 0 Å². The third kappa shape index (κ3) is 5.14. The predicted molar refractivity (Wildman–Crippen MR) is 98.1 cm³/mol. The van der Waals surface area contributed by atoms with Gasteiger partial charge in [0, 0.05) is 23.9 Å². The molecule has 2 aromatic rings.